The van der Waals surface area contributed by atoms with Crippen LogP contribution in [-0.4, -0.2) is 21.0 Å². The molecule has 3 N–H and O–H groups in total. The predicted molar refractivity (Wildman–Crippen MR) is 42.0 cm³/mol. The highest BCUT2D eigenvalue weighted by Gasteiger charge is 2.29. The molecule has 0 saturated heterocycles. The smallest absolute Gasteiger partial charge is 0.432 e. The second-order valence-electron chi connectivity index (χ2n) is 2.96. The third-order valence-corrected chi connectivity index (χ3v) is 1.93. The Hall–Kier alpha value is -1.52. The lowest BCUT2D eigenvalue weighted by Gasteiger charge is -1.97. The number of aromatic nitrogens is 2. The predicted octanol–water partition coefficient (Wildman–Crippen LogP) is 0.869. The number of nitrogens with two attached hydrogens (primary N) is 1. The summed E-state index contributed by atoms with van der Waals surface area (Å²) in [6, 6.07) is 1.63. The van der Waals surface area contributed by atoms with Crippen LogP contribution in [0.25, 0.3) is 0 Å². The minimum absolute atomic E-state index is 0.277. The van der Waals surface area contributed by atoms with Crippen molar-refractivity contribution in [3.8, 4) is 0 Å². The Kier molecular flexibility index (Phi) is 1.33. The van der Waals surface area contributed by atoms with Crippen LogP contribution in [-0.2, 0) is 0 Å². The van der Waals surface area contributed by atoms with Crippen molar-refractivity contribution in [3.05, 3.63) is 11.8 Å². The van der Waals surface area contributed by atoms with E-state index in [1.54, 1.807) is 6.07 Å². The largest absolute Gasteiger partial charge is 0.463 e. The third kappa shape index (κ3) is 1.03. The Bertz CT molecular complexity index is 327. The Morgan fingerprint density at radius 3 is 2.92 bits per heavy atom. The van der Waals surface area contributed by atoms with Crippen LogP contribution in [0.1, 0.15) is 24.5 Å². The Morgan fingerprint density at radius 1 is 1.75 bits per heavy atom. The number of carboxylic acid groups (broad SMARTS) is 1. The van der Waals surface area contributed by atoms with Gasteiger partial charge in [-0.3, -0.25) is 0 Å². The summed E-state index contributed by atoms with van der Waals surface area (Å²) in [5.41, 5.74) is 6.11. The number of hydrogen-bond acceptors (Lipinski definition) is 3. The maximum atomic E-state index is 10.6. The van der Waals surface area contributed by atoms with Crippen molar-refractivity contribution in [1.29, 1.82) is 0 Å². The zero-order valence-electron chi connectivity index (χ0n) is 6.40. The highest BCUT2D eigenvalue weighted by molar-refractivity contribution is 5.69. The molecule has 0 radical (unpaired) electrons. The van der Waals surface area contributed by atoms with E-state index in [1.807, 2.05) is 0 Å². The van der Waals surface area contributed by atoms with Gasteiger partial charge in [-0.25, -0.2) is 4.79 Å². The molecule has 0 bridgehead atoms. The van der Waals surface area contributed by atoms with Gasteiger partial charge in [-0.15, -0.1) is 5.10 Å². The summed E-state index contributed by atoms with van der Waals surface area (Å²) in [7, 11) is 0. The van der Waals surface area contributed by atoms with Crippen molar-refractivity contribution in [2.24, 2.45) is 0 Å². The molecular formula is C7H9N3O2. The van der Waals surface area contributed by atoms with Gasteiger partial charge in [0.1, 0.15) is 5.82 Å². The summed E-state index contributed by atoms with van der Waals surface area (Å²) in [5.74, 6) is 0.630. The average Bonchev–Trinajstić information content (AvgIpc) is 2.75. The standard InChI is InChI=1S/C7H9N3O2/c8-6-3-5(4-1-2-4)10(9-6)7(11)12/h3-4H,1-2H2,(H2,8,9)(H,11,12). The van der Waals surface area contributed by atoms with Gasteiger partial charge < -0.3 is 10.8 Å². The molecule has 5 nitrogen and oxygen atoms in total. The van der Waals surface area contributed by atoms with E-state index >= 15 is 0 Å². The van der Waals surface area contributed by atoms with Gasteiger partial charge in [0.25, 0.3) is 0 Å². The first kappa shape index (κ1) is 7.15. The van der Waals surface area contributed by atoms with Crippen molar-refractivity contribution in [2.75, 3.05) is 5.73 Å². The van der Waals surface area contributed by atoms with Gasteiger partial charge in [0.15, 0.2) is 0 Å². The summed E-state index contributed by atoms with van der Waals surface area (Å²) in [6.45, 7) is 0. The summed E-state index contributed by atoms with van der Waals surface area (Å²) >= 11 is 0. The fourth-order valence-electron chi connectivity index (χ4n) is 1.24. The number of carbonyl (C=O) groups is 1. The molecule has 1 saturated carbocycles. The quantitative estimate of drug-likeness (QED) is 0.650. The number of nitrogen functional groups attached to an aromatic ring is 1. The van der Waals surface area contributed by atoms with E-state index < -0.39 is 6.09 Å². The van der Waals surface area contributed by atoms with Crippen LogP contribution in [0.15, 0.2) is 6.07 Å². The Balaban J connectivity index is 2.43. The number of rotatable bonds is 1. The van der Waals surface area contributed by atoms with Gasteiger partial charge in [-0.2, -0.15) is 4.68 Å². The zero-order chi connectivity index (χ0) is 8.72. The molecule has 12 heavy (non-hydrogen) atoms. The lowest BCUT2D eigenvalue weighted by atomic mass is 10.3. The van der Waals surface area contributed by atoms with Crippen LogP contribution >= 0.6 is 0 Å². The van der Waals surface area contributed by atoms with Crippen molar-refractivity contribution >= 4 is 11.9 Å². The summed E-state index contributed by atoms with van der Waals surface area (Å²) in [6.07, 6.45) is 1.02. The minimum atomic E-state index is -1.06. The van der Waals surface area contributed by atoms with E-state index in [9.17, 15) is 4.79 Å². The number of anilines is 1. The molecule has 1 aliphatic rings. The van der Waals surface area contributed by atoms with Gasteiger partial charge in [-0.05, 0) is 12.8 Å². The lowest BCUT2D eigenvalue weighted by Crippen LogP contribution is -2.12. The van der Waals surface area contributed by atoms with Crippen LogP contribution in [0.4, 0.5) is 10.6 Å². The van der Waals surface area contributed by atoms with E-state index in [0.29, 0.717) is 5.92 Å². The van der Waals surface area contributed by atoms with E-state index in [2.05, 4.69) is 5.10 Å². The van der Waals surface area contributed by atoms with E-state index in [-0.39, 0.29) is 5.82 Å². The molecule has 0 aromatic carbocycles. The molecule has 0 amide bonds. The van der Waals surface area contributed by atoms with E-state index in [1.165, 1.54) is 0 Å². The SMILES string of the molecule is Nc1cc(C2CC2)n(C(=O)O)n1. The maximum absolute atomic E-state index is 10.6. The lowest BCUT2D eigenvalue weighted by molar-refractivity contribution is 0.192. The van der Waals surface area contributed by atoms with Crippen LogP contribution in [0, 0.1) is 0 Å². The number of hydrogen-bond donors (Lipinski definition) is 2. The molecule has 0 atom stereocenters. The highest BCUT2D eigenvalue weighted by Crippen LogP contribution is 2.40. The maximum Gasteiger partial charge on any atom is 0.432 e. The van der Waals surface area contributed by atoms with Crippen LogP contribution < -0.4 is 5.73 Å². The molecule has 1 heterocycles. The first-order valence-corrected chi connectivity index (χ1v) is 3.77. The van der Waals surface area contributed by atoms with Crippen LogP contribution in [0.2, 0.25) is 0 Å². The van der Waals surface area contributed by atoms with Gasteiger partial charge in [0, 0.05) is 12.0 Å². The first-order chi connectivity index (χ1) is 5.68. The molecule has 1 aromatic rings. The van der Waals surface area contributed by atoms with E-state index in [4.69, 9.17) is 10.8 Å². The molecule has 1 fully saturated rings. The van der Waals surface area contributed by atoms with Crippen molar-refractivity contribution in [3.63, 3.8) is 0 Å². The molecule has 0 unspecified atom stereocenters. The molecule has 0 aliphatic heterocycles. The summed E-state index contributed by atoms with van der Waals surface area (Å²) in [5, 5.41) is 12.4. The monoisotopic (exact) mass is 167 g/mol. The highest BCUT2D eigenvalue weighted by atomic mass is 16.4. The second-order valence-corrected chi connectivity index (χ2v) is 2.96. The molecule has 64 valence electrons. The van der Waals surface area contributed by atoms with Crippen molar-refractivity contribution in [2.45, 2.75) is 18.8 Å². The minimum Gasteiger partial charge on any atom is -0.463 e. The average molecular weight is 167 g/mol. The topological polar surface area (TPSA) is 81.1 Å². The van der Waals surface area contributed by atoms with Crippen LogP contribution in [0.3, 0.4) is 0 Å². The molecule has 1 aliphatic carbocycles. The normalized spacial score (nSPS) is 16.3. The Labute approximate surface area is 68.8 Å². The number of nitrogens with zero attached hydrogens (tertiary/aromatic N) is 2. The third-order valence-electron chi connectivity index (χ3n) is 1.93. The van der Waals surface area contributed by atoms with Crippen molar-refractivity contribution in [1.82, 2.24) is 9.78 Å². The fraction of sp³-hybridized carbons (Fsp3) is 0.429. The molecule has 1 aromatic heterocycles. The van der Waals surface area contributed by atoms with Gasteiger partial charge >= 0.3 is 6.09 Å². The molecular weight excluding hydrogens is 158 g/mol. The zero-order valence-corrected chi connectivity index (χ0v) is 6.40. The molecule has 2 rings (SSSR count). The fourth-order valence-corrected chi connectivity index (χ4v) is 1.24. The molecule has 0 spiro atoms. The Morgan fingerprint density at radius 2 is 2.42 bits per heavy atom. The van der Waals surface area contributed by atoms with Crippen molar-refractivity contribution < 1.29 is 9.90 Å². The van der Waals surface area contributed by atoms with Gasteiger partial charge in [-0.1, -0.05) is 0 Å². The summed E-state index contributed by atoms with van der Waals surface area (Å²) < 4.78 is 0.965. The second kappa shape index (κ2) is 2.23. The van der Waals surface area contributed by atoms with Gasteiger partial charge in [0.2, 0.25) is 0 Å². The van der Waals surface area contributed by atoms with Crippen LogP contribution in [0.5, 0.6) is 0 Å². The van der Waals surface area contributed by atoms with Gasteiger partial charge in [0.05, 0.1) is 5.69 Å². The summed E-state index contributed by atoms with van der Waals surface area (Å²) in [4.78, 5) is 10.6. The van der Waals surface area contributed by atoms with E-state index in [0.717, 1.165) is 23.2 Å². The first-order valence-electron chi connectivity index (χ1n) is 3.77. The molecule has 5 heteroatoms.